The lowest BCUT2D eigenvalue weighted by Crippen LogP contribution is -2.04. The van der Waals surface area contributed by atoms with Crippen molar-refractivity contribution in [3.8, 4) is 0 Å². The van der Waals surface area contributed by atoms with Crippen LogP contribution in [0, 0.1) is 0 Å². The third-order valence-electron chi connectivity index (χ3n) is 1.57. The molecule has 0 saturated carbocycles. The fourth-order valence-corrected chi connectivity index (χ4v) is 0.698. The van der Waals surface area contributed by atoms with Crippen molar-refractivity contribution >= 4 is 12.1 Å². The van der Waals surface area contributed by atoms with Crippen LogP contribution in [0.25, 0.3) is 0 Å². The predicted molar refractivity (Wildman–Crippen MR) is 36.5 cm³/mol. The highest BCUT2D eigenvalue weighted by Crippen LogP contribution is 2.11. The standard InChI is InChI=1S/C7H9NO/c1-5-3-4-8-7(9)6(5)2/h4H,3H2,1-2H3. The minimum absolute atomic E-state index is 0.0845. The summed E-state index contributed by atoms with van der Waals surface area (Å²) in [6.45, 7) is 3.77. The molecule has 0 aliphatic carbocycles. The smallest absolute Gasteiger partial charge is 0.267 e. The summed E-state index contributed by atoms with van der Waals surface area (Å²) < 4.78 is 0. The number of amides is 1. The molecule has 0 N–H and O–H groups in total. The van der Waals surface area contributed by atoms with E-state index in [1.165, 1.54) is 0 Å². The van der Waals surface area contributed by atoms with Crippen molar-refractivity contribution in [1.82, 2.24) is 0 Å². The summed E-state index contributed by atoms with van der Waals surface area (Å²) in [6.07, 6.45) is 2.49. The lowest BCUT2D eigenvalue weighted by molar-refractivity contribution is -0.114. The predicted octanol–water partition coefficient (Wildman–Crippen LogP) is 1.32. The fourth-order valence-electron chi connectivity index (χ4n) is 0.698. The van der Waals surface area contributed by atoms with Gasteiger partial charge in [-0.05, 0) is 13.8 Å². The van der Waals surface area contributed by atoms with Crippen molar-refractivity contribution in [2.45, 2.75) is 20.3 Å². The second kappa shape index (κ2) is 2.13. The van der Waals surface area contributed by atoms with Crippen molar-refractivity contribution in [3.63, 3.8) is 0 Å². The minimum Gasteiger partial charge on any atom is -0.267 e. The SMILES string of the molecule is CC1=C(C)C(=O)N=CC1. The monoisotopic (exact) mass is 123 g/mol. The third kappa shape index (κ3) is 1.07. The Bertz CT molecular complexity index is 201. The molecule has 0 aromatic heterocycles. The van der Waals surface area contributed by atoms with Crippen LogP contribution in [0.3, 0.4) is 0 Å². The van der Waals surface area contributed by atoms with Crippen molar-refractivity contribution < 1.29 is 4.79 Å². The lowest BCUT2D eigenvalue weighted by atomic mass is 10.1. The second-order valence-corrected chi connectivity index (χ2v) is 2.23. The zero-order chi connectivity index (χ0) is 6.85. The molecule has 9 heavy (non-hydrogen) atoms. The van der Waals surface area contributed by atoms with Gasteiger partial charge < -0.3 is 0 Å². The van der Waals surface area contributed by atoms with Gasteiger partial charge in [0, 0.05) is 18.2 Å². The minimum atomic E-state index is -0.0845. The number of rotatable bonds is 0. The van der Waals surface area contributed by atoms with Gasteiger partial charge in [-0.2, -0.15) is 0 Å². The first-order valence-corrected chi connectivity index (χ1v) is 2.95. The van der Waals surface area contributed by atoms with E-state index in [1.807, 2.05) is 13.8 Å². The number of hydrogen-bond acceptors (Lipinski definition) is 1. The molecule has 1 amide bonds. The van der Waals surface area contributed by atoms with Gasteiger partial charge in [-0.15, -0.1) is 0 Å². The first-order chi connectivity index (χ1) is 4.22. The molecule has 0 unspecified atom stereocenters. The highest BCUT2D eigenvalue weighted by Gasteiger charge is 2.08. The zero-order valence-electron chi connectivity index (χ0n) is 5.64. The average Bonchev–Trinajstić information content (AvgIpc) is 1.83. The summed E-state index contributed by atoms with van der Waals surface area (Å²) in [5.74, 6) is -0.0845. The lowest BCUT2D eigenvalue weighted by Gasteiger charge is -2.04. The second-order valence-electron chi connectivity index (χ2n) is 2.23. The van der Waals surface area contributed by atoms with Gasteiger partial charge >= 0.3 is 0 Å². The summed E-state index contributed by atoms with van der Waals surface area (Å²) in [4.78, 5) is 14.4. The molecular formula is C7H9NO. The molecule has 0 saturated heterocycles. The third-order valence-corrected chi connectivity index (χ3v) is 1.57. The van der Waals surface area contributed by atoms with E-state index in [4.69, 9.17) is 0 Å². The largest absolute Gasteiger partial charge is 0.272 e. The Hall–Kier alpha value is -0.920. The number of hydrogen-bond donors (Lipinski definition) is 0. The molecule has 2 heteroatoms. The van der Waals surface area contributed by atoms with Crippen molar-refractivity contribution in [3.05, 3.63) is 11.1 Å². The summed E-state index contributed by atoms with van der Waals surface area (Å²) in [5.41, 5.74) is 1.94. The van der Waals surface area contributed by atoms with Crippen LogP contribution < -0.4 is 0 Å². The molecule has 0 spiro atoms. The number of aliphatic imine (C=N–C) groups is 1. The van der Waals surface area contributed by atoms with E-state index >= 15 is 0 Å². The van der Waals surface area contributed by atoms with Crippen LogP contribution in [0.15, 0.2) is 16.1 Å². The van der Waals surface area contributed by atoms with Crippen LogP contribution in [0.5, 0.6) is 0 Å². The number of dihydropyridines is 1. The first kappa shape index (κ1) is 6.20. The molecule has 0 aromatic rings. The molecule has 0 atom stereocenters. The van der Waals surface area contributed by atoms with E-state index in [9.17, 15) is 4.79 Å². The van der Waals surface area contributed by atoms with Gasteiger partial charge in [0.15, 0.2) is 0 Å². The summed E-state index contributed by atoms with van der Waals surface area (Å²) in [5, 5.41) is 0. The summed E-state index contributed by atoms with van der Waals surface area (Å²) >= 11 is 0. The molecule has 1 aliphatic rings. The Morgan fingerprint density at radius 1 is 1.56 bits per heavy atom. The van der Waals surface area contributed by atoms with Crippen LogP contribution in [0.4, 0.5) is 0 Å². The molecular weight excluding hydrogens is 114 g/mol. The Labute approximate surface area is 54.3 Å². The molecule has 1 aliphatic heterocycles. The van der Waals surface area contributed by atoms with Crippen molar-refractivity contribution in [1.29, 1.82) is 0 Å². The number of carbonyl (C=O) groups is 1. The van der Waals surface area contributed by atoms with Gasteiger partial charge in [0.1, 0.15) is 0 Å². The van der Waals surface area contributed by atoms with Crippen LogP contribution in [-0.4, -0.2) is 12.1 Å². The van der Waals surface area contributed by atoms with Crippen molar-refractivity contribution in [2.24, 2.45) is 4.99 Å². The first-order valence-electron chi connectivity index (χ1n) is 2.95. The average molecular weight is 123 g/mol. The van der Waals surface area contributed by atoms with Crippen LogP contribution in [0.1, 0.15) is 20.3 Å². The fraction of sp³-hybridized carbons (Fsp3) is 0.429. The van der Waals surface area contributed by atoms with Gasteiger partial charge in [0.25, 0.3) is 5.91 Å². The maximum absolute atomic E-state index is 10.7. The van der Waals surface area contributed by atoms with E-state index in [0.717, 1.165) is 17.6 Å². The van der Waals surface area contributed by atoms with Gasteiger partial charge in [-0.25, -0.2) is 4.99 Å². The quantitative estimate of drug-likeness (QED) is 0.477. The molecule has 0 bridgehead atoms. The summed E-state index contributed by atoms with van der Waals surface area (Å²) in [6, 6.07) is 0. The van der Waals surface area contributed by atoms with Gasteiger partial charge in [0.2, 0.25) is 0 Å². The highest BCUT2D eigenvalue weighted by atomic mass is 16.1. The molecule has 2 nitrogen and oxygen atoms in total. The summed E-state index contributed by atoms with van der Waals surface area (Å²) in [7, 11) is 0. The Balaban J connectivity index is 2.92. The van der Waals surface area contributed by atoms with Crippen LogP contribution >= 0.6 is 0 Å². The normalized spacial score (nSPS) is 19.1. The van der Waals surface area contributed by atoms with E-state index in [-0.39, 0.29) is 5.91 Å². The van der Waals surface area contributed by atoms with E-state index in [1.54, 1.807) is 6.21 Å². The maximum atomic E-state index is 10.7. The molecule has 0 radical (unpaired) electrons. The highest BCUT2D eigenvalue weighted by molar-refractivity contribution is 6.01. The number of carbonyl (C=O) groups excluding carboxylic acids is 1. The molecule has 1 heterocycles. The maximum Gasteiger partial charge on any atom is 0.272 e. The van der Waals surface area contributed by atoms with Gasteiger partial charge in [-0.3, -0.25) is 4.79 Å². The zero-order valence-corrected chi connectivity index (χ0v) is 5.64. The molecule has 0 fully saturated rings. The van der Waals surface area contributed by atoms with Crippen molar-refractivity contribution in [2.75, 3.05) is 0 Å². The number of allylic oxidation sites excluding steroid dienone is 1. The molecule has 0 aromatic carbocycles. The topological polar surface area (TPSA) is 29.4 Å². The van der Waals surface area contributed by atoms with E-state index in [0.29, 0.717) is 0 Å². The van der Waals surface area contributed by atoms with E-state index < -0.39 is 0 Å². The van der Waals surface area contributed by atoms with Gasteiger partial charge in [0.05, 0.1) is 0 Å². The Morgan fingerprint density at radius 3 is 2.67 bits per heavy atom. The van der Waals surface area contributed by atoms with E-state index in [2.05, 4.69) is 4.99 Å². The Kier molecular flexibility index (Phi) is 1.47. The number of nitrogens with zero attached hydrogens (tertiary/aromatic N) is 1. The van der Waals surface area contributed by atoms with Crippen LogP contribution in [0.2, 0.25) is 0 Å². The van der Waals surface area contributed by atoms with Crippen LogP contribution in [-0.2, 0) is 4.79 Å². The van der Waals surface area contributed by atoms with Gasteiger partial charge in [-0.1, -0.05) is 5.57 Å². The molecule has 48 valence electrons. The Morgan fingerprint density at radius 2 is 2.22 bits per heavy atom. The molecule has 1 rings (SSSR count).